The van der Waals surface area contributed by atoms with Crippen molar-refractivity contribution in [3.8, 4) is 0 Å². The average molecular weight is 322 g/mol. The minimum absolute atomic E-state index is 0.289. The Morgan fingerprint density at radius 2 is 1.75 bits per heavy atom. The number of fused-ring (bicyclic) bond motifs is 1. The Balaban J connectivity index is 1.87. The average Bonchev–Trinajstić information content (AvgIpc) is 2.62. The second-order valence-electron chi connectivity index (χ2n) is 5.67. The van der Waals surface area contributed by atoms with Gasteiger partial charge < -0.3 is 14.6 Å². The lowest BCUT2D eigenvalue weighted by atomic mass is 10.1. The third kappa shape index (κ3) is 3.43. The zero-order valence-electron chi connectivity index (χ0n) is 14.1. The Bertz CT molecular complexity index is 868. The smallest absolute Gasteiger partial charge is 0.341 e. The molecule has 0 atom stereocenters. The molecule has 0 aliphatic heterocycles. The van der Waals surface area contributed by atoms with Crippen LogP contribution in [-0.4, -0.2) is 13.1 Å². The van der Waals surface area contributed by atoms with Crippen molar-refractivity contribution < 1.29 is 4.42 Å². The predicted octanol–water partition coefficient (Wildman–Crippen LogP) is 4.25. The van der Waals surface area contributed by atoms with Crippen molar-refractivity contribution in [2.24, 2.45) is 0 Å². The number of nitrogens with zero attached hydrogens (tertiary/aromatic N) is 1. The number of hydrogen-bond donors (Lipinski definition) is 1. The third-order valence-electron chi connectivity index (χ3n) is 4.18. The quantitative estimate of drug-likeness (QED) is 0.689. The summed E-state index contributed by atoms with van der Waals surface area (Å²) in [6, 6.07) is 17.8. The number of para-hydroxylation sites is 1. The van der Waals surface area contributed by atoms with Crippen LogP contribution in [-0.2, 0) is 6.54 Å². The van der Waals surface area contributed by atoms with Gasteiger partial charge in [-0.2, -0.15) is 0 Å². The second-order valence-corrected chi connectivity index (χ2v) is 5.67. The van der Waals surface area contributed by atoms with E-state index in [1.165, 1.54) is 0 Å². The largest absolute Gasteiger partial charge is 0.422 e. The summed E-state index contributed by atoms with van der Waals surface area (Å²) in [5.74, 6) is 0. The van der Waals surface area contributed by atoms with Crippen molar-refractivity contribution in [1.29, 1.82) is 0 Å². The van der Waals surface area contributed by atoms with Crippen LogP contribution >= 0.6 is 0 Å². The maximum atomic E-state index is 12.3. The molecule has 0 radical (unpaired) electrons. The molecule has 0 spiro atoms. The van der Waals surface area contributed by atoms with E-state index in [4.69, 9.17) is 4.42 Å². The van der Waals surface area contributed by atoms with Crippen molar-refractivity contribution >= 4 is 22.3 Å². The Hall–Kier alpha value is -2.75. The molecule has 124 valence electrons. The van der Waals surface area contributed by atoms with Crippen LogP contribution in [0.25, 0.3) is 11.0 Å². The highest BCUT2D eigenvalue weighted by Crippen LogP contribution is 2.22. The van der Waals surface area contributed by atoms with Gasteiger partial charge in [-0.3, -0.25) is 0 Å². The fourth-order valence-electron chi connectivity index (χ4n) is 2.80. The van der Waals surface area contributed by atoms with Gasteiger partial charge in [0, 0.05) is 42.5 Å². The molecule has 24 heavy (non-hydrogen) atoms. The number of hydrogen-bond acceptors (Lipinski definition) is 4. The van der Waals surface area contributed by atoms with Gasteiger partial charge in [-0.15, -0.1) is 0 Å². The minimum atomic E-state index is -0.289. The number of rotatable bonds is 6. The fraction of sp³-hybridized carbons (Fsp3) is 0.250. The van der Waals surface area contributed by atoms with E-state index in [-0.39, 0.29) is 5.63 Å². The summed E-state index contributed by atoms with van der Waals surface area (Å²) in [5.41, 5.74) is 3.03. The Kier molecular flexibility index (Phi) is 4.85. The van der Waals surface area contributed by atoms with Crippen LogP contribution in [0.5, 0.6) is 0 Å². The van der Waals surface area contributed by atoms with Crippen molar-refractivity contribution in [3.05, 3.63) is 70.6 Å². The van der Waals surface area contributed by atoms with Crippen LogP contribution in [0.15, 0.2) is 63.8 Å². The molecule has 3 aromatic rings. The van der Waals surface area contributed by atoms with Crippen LogP contribution in [0.2, 0.25) is 0 Å². The van der Waals surface area contributed by atoms with Crippen molar-refractivity contribution in [2.75, 3.05) is 23.3 Å². The molecule has 0 fully saturated rings. The summed E-state index contributed by atoms with van der Waals surface area (Å²) in [6.07, 6.45) is 0. The number of nitrogens with one attached hydrogen (secondary N) is 1. The molecule has 2 aromatic carbocycles. The summed E-state index contributed by atoms with van der Waals surface area (Å²) in [5, 5.41) is 4.19. The van der Waals surface area contributed by atoms with Gasteiger partial charge in [0.15, 0.2) is 0 Å². The van der Waals surface area contributed by atoms with Gasteiger partial charge in [0.05, 0.1) is 5.56 Å². The highest BCUT2D eigenvalue weighted by molar-refractivity contribution is 5.81. The SMILES string of the molecule is CCN(CC)c1ccc2cc(CNc3ccccc3)c(=O)oc2c1. The highest BCUT2D eigenvalue weighted by Gasteiger charge is 2.08. The molecule has 1 heterocycles. The summed E-state index contributed by atoms with van der Waals surface area (Å²) >= 11 is 0. The van der Waals surface area contributed by atoms with Gasteiger partial charge in [0.2, 0.25) is 0 Å². The van der Waals surface area contributed by atoms with Gasteiger partial charge in [0.25, 0.3) is 0 Å². The molecule has 0 saturated heterocycles. The first-order valence-electron chi connectivity index (χ1n) is 8.32. The van der Waals surface area contributed by atoms with Crippen molar-refractivity contribution in [3.63, 3.8) is 0 Å². The fourth-order valence-corrected chi connectivity index (χ4v) is 2.80. The van der Waals surface area contributed by atoms with E-state index in [0.717, 1.165) is 29.9 Å². The molecule has 0 aliphatic rings. The van der Waals surface area contributed by atoms with Crippen LogP contribution in [0, 0.1) is 0 Å². The first-order chi connectivity index (χ1) is 11.7. The van der Waals surface area contributed by atoms with Gasteiger partial charge in [-0.1, -0.05) is 18.2 Å². The normalized spacial score (nSPS) is 10.8. The first kappa shape index (κ1) is 16.1. The molecule has 1 aromatic heterocycles. The summed E-state index contributed by atoms with van der Waals surface area (Å²) < 4.78 is 5.54. The van der Waals surface area contributed by atoms with E-state index in [0.29, 0.717) is 17.7 Å². The van der Waals surface area contributed by atoms with Crippen molar-refractivity contribution in [1.82, 2.24) is 0 Å². The van der Waals surface area contributed by atoms with Gasteiger partial charge >= 0.3 is 5.63 Å². The van der Waals surface area contributed by atoms with E-state index in [1.54, 1.807) is 0 Å². The molecule has 0 aliphatic carbocycles. The topological polar surface area (TPSA) is 45.5 Å². The van der Waals surface area contributed by atoms with E-state index < -0.39 is 0 Å². The standard InChI is InChI=1S/C20H22N2O2/c1-3-22(4-2)18-11-10-15-12-16(20(23)24-19(15)13-18)14-21-17-8-6-5-7-9-17/h5-13,21H,3-4,14H2,1-2H3. The molecular formula is C20H22N2O2. The molecule has 0 bridgehead atoms. The number of benzene rings is 2. The van der Waals surface area contributed by atoms with Crippen LogP contribution in [0.3, 0.4) is 0 Å². The maximum Gasteiger partial charge on any atom is 0.341 e. The van der Waals surface area contributed by atoms with Crippen LogP contribution in [0.4, 0.5) is 11.4 Å². The third-order valence-corrected chi connectivity index (χ3v) is 4.18. The molecule has 4 heteroatoms. The molecule has 1 N–H and O–H groups in total. The zero-order chi connectivity index (χ0) is 16.9. The Labute approximate surface area is 141 Å². The Morgan fingerprint density at radius 1 is 1.00 bits per heavy atom. The van der Waals surface area contributed by atoms with Gasteiger partial charge in [-0.25, -0.2) is 4.79 Å². The minimum Gasteiger partial charge on any atom is -0.422 e. The van der Waals surface area contributed by atoms with Crippen LogP contribution < -0.4 is 15.8 Å². The lowest BCUT2D eigenvalue weighted by Gasteiger charge is -2.21. The van der Waals surface area contributed by atoms with E-state index >= 15 is 0 Å². The molecule has 4 nitrogen and oxygen atoms in total. The van der Waals surface area contributed by atoms with Gasteiger partial charge in [0.1, 0.15) is 5.58 Å². The van der Waals surface area contributed by atoms with Crippen molar-refractivity contribution in [2.45, 2.75) is 20.4 Å². The molecule has 3 rings (SSSR count). The number of anilines is 2. The predicted molar refractivity (Wildman–Crippen MR) is 99.8 cm³/mol. The summed E-state index contributed by atoms with van der Waals surface area (Å²) in [7, 11) is 0. The molecule has 0 unspecified atom stereocenters. The highest BCUT2D eigenvalue weighted by atomic mass is 16.4. The molecular weight excluding hydrogens is 300 g/mol. The maximum absolute atomic E-state index is 12.3. The van der Waals surface area contributed by atoms with E-state index in [1.807, 2.05) is 48.5 Å². The summed E-state index contributed by atoms with van der Waals surface area (Å²) in [4.78, 5) is 14.5. The van der Waals surface area contributed by atoms with Crippen LogP contribution in [0.1, 0.15) is 19.4 Å². The molecule has 0 saturated carbocycles. The summed E-state index contributed by atoms with van der Waals surface area (Å²) in [6.45, 7) is 6.52. The Morgan fingerprint density at radius 3 is 2.46 bits per heavy atom. The second kappa shape index (κ2) is 7.21. The lowest BCUT2D eigenvalue weighted by Crippen LogP contribution is -2.21. The lowest BCUT2D eigenvalue weighted by molar-refractivity contribution is 0.552. The zero-order valence-corrected chi connectivity index (χ0v) is 14.1. The van der Waals surface area contributed by atoms with E-state index in [2.05, 4.69) is 30.1 Å². The monoisotopic (exact) mass is 322 g/mol. The first-order valence-corrected chi connectivity index (χ1v) is 8.32. The van der Waals surface area contributed by atoms with Gasteiger partial charge in [-0.05, 0) is 44.2 Å². The molecule has 0 amide bonds. The van der Waals surface area contributed by atoms with E-state index in [9.17, 15) is 4.79 Å².